The Kier molecular flexibility index (Phi) is 6.76. The van der Waals surface area contributed by atoms with Crippen molar-refractivity contribution in [3.8, 4) is 11.5 Å². The minimum Gasteiger partial charge on any atom is -0.497 e. The maximum absolute atomic E-state index is 13.1. The van der Waals surface area contributed by atoms with Gasteiger partial charge in [0.05, 0.1) is 32.1 Å². The van der Waals surface area contributed by atoms with E-state index in [4.69, 9.17) is 9.47 Å². The fraction of sp³-hybridized carbons (Fsp3) is 0.619. The smallest absolute Gasteiger partial charge is 0.233 e. The molecule has 1 unspecified atom stereocenters. The lowest BCUT2D eigenvalue weighted by Crippen LogP contribution is -2.32. The Hall–Kier alpha value is -2.29. The van der Waals surface area contributed by atoms with Gasteiger partial charge in [-0.25, -0.2) is 4.68 Å². The number of hydrogen-bond donors (Lipinski definition) is 0. The van der Waals surface area contributed by atoms with Crippen molar-refractivity contribution < 1.29 is 14.3 Å². The van der Waals surface area contributed by atoms with Gasteiger partial charge in [-0.05, 0) is 54.3 Å². The van der Waals surface area contributed by atoms with Gasteiger partial charge in [0.1, 0.15) is 11.5 Å². The number of ether oxygens (including phenoxy) is 2. The summed E-state index contributed by atoms with van der Waals surface area (Å²) in [6.07, 6.45) is 7.81. The summed E-state index contributed by atoms with van der Waals surface area (Å²) in [7, 11) is 3.31. The topological polar surface area (TPSA) is 82.4 Å². The minimum absolute atomic E-state index is 0.00232. The van der Waals surface area contributed by atoms with Crippen molar-refractivity contribution in [1.29, 1.82) is 0 Å². The third-order valence-corrected chi connectivity index (χ3v) is 7.00. The van der Waals surface area contributed by atoms with Gasteiger partial charge in [0.15, 0.2) is 0 Å². The van der Waals surface area contributed by atoms with E-state index in [1.165, 1.54) is 31.0 Å². The third kappa shape index (κ3) is 4.40. The SMILES string of the molecule is COc1ccc(OC)c(C2CCCN2C(=O)CSc2nnnn2C2CCCCC2)c1. The Labute approximate surface area is 181 Å². The van der Waals surface area contributed by atoms with E-state index in [2.05, 4.69) is 15.5 Å². The lowest BCUT2D eigenvalue weighted by Gasteiger charge is -2.27. The van der Waals surface area contributed by atoms with Gasteiger partial charge in [-0.1, -0.05) is 31.0 Å². The lowest BCUT2D eigenvalue weighted by atomic mass is 9.96. The van der Waals surface area contributed by atoms with E-state index in [9.17, 15) is 4.79 Å². The highest BCUT2D eigenvalue weighted by molar-refractivity contribution is 7.99. The molecule has 1 atom stereocenters. The highest BCUT2D eigenvalue weighted by Gasteiger charge is 2.32. The molecular weight excluding hydrogens is 402 g/mol. The molecule has 4 rings (SSSR count). The van der Waals surface area contributed by atoms with Crippen LogP contribution in [-0.2, 0) is 4.79 Å². The van der Waals surface area contributed by atoms with Crippen molar-refractivity contribution in [2.24, 2.45) is 0 Å². The van der Waals surface area contributed by atoms with Crippen molar-refractivity contribution in [3.63, 3.8) is 0 Å². The van der Waals surface area contributed by atoms with Crippen LogP contribution in [0.25, 0.3) is 0 Å². The Morgan fingerprint density at radius 2 is 1.97 bits per heavy atom. The molecule has 1 aromatic carbocycles. The second-order valence-corrected chi connectivity index (χ2v) is 8.78. The van der Waals surface area contributed by atoms with E-state index >= 15 is 0 Å². The van der Waals surface area contributed by atoms with Crippen molar-refractivity contribution in [2.75, 3.05) is 26.5 Å². The van der Waals surface area contributed by atoms with Crippen molar-refractivity contribution in [3.05, 3.63) is 23.8 Å². The van der Waals surface area contributed by atoms with Crippen LogP contribution in [0.4, 0.5) is 0 Å². The molecule has 2 aromatic rings. The molecule has 8 nitrogen and oxygen atoms in total. The number of hydrogen-bond acceptors (Lipinski definition) is 7. The number of nitrogens with zero attached hydrogens (tertiary/aromatic N) is 5. The van der Waals surface area contributed by atoms with E-state index in [0.29, 0.717) is 11.8 Å². The molecule has 2 aliphatic rings. The van der Waals surface area contributed by atoms with Crippen LogP contribution in [0.2, 0.25) is 0 Å². The van der Waals surface area contributed by atoms with Crippen LogP contribution in [0, 0.1) is 0 Å². The molecule has 1 aliphatic heterocycles. The standard InChI is InChI=1S/C21H29N5O3S/c1-28-16-10-11-19(29-2)17(13-16)18-9-6-12-25(18)20(27)14-30-21-22-23-24-26(21)15-7-4-3-5-8-15/h10-11,13,15,18H,3-9,12,14H2,1-2H3. The molecule has 1 saturated heterocycles. The average Bonchev–Trinajstić information content (AvgIpc) is 3.47. The van der Waals surface area contributed by atoms with Crippen LogP contribution < -0.4 is 9.47 Å². The van der Waals surface area contributed by atoms with Crippen molar-refractivity contribution in [1.82, 2.24) is 25.1 Å². The molecule has 1 aromatic heterocycles. The first kappa shape index (κ1) is 21.0. The Morgan fingerprint density at radius 1 is 1.13 bits per heavy atom. The van der Waals surface area contributed by atoms with Gasteiger partial charge < -0.3 is 14.4 Å². The second-order valence-electron chi connectivity index (χ2n) is 7.84. The number of tetrazole rings is 1. The number of methoxy groups -OCH3 is 2. The number of carbonyl (C=O) groups is 1. The maximum Gasteiger partial charge on any atom is 0.233 e. The summed E-state index contributed by atoms with van der Waals surface area (Å²) in [5, 5.41) is 13.0. The normalized spacial score (nSPS) is 19.8. The number of thioether (sulfide) groups is 1. The predicted molar refractivity (Wildman–Crippen MR) is 114 cm³/mol. The molecule has 1 amide bonds. The molecule has 2 heterocycles. The lowest BCUT2D eigenvalue weighted by molar-refractivity contribution is -0.129. The molecule has 1 aliphatic carbocycles. The quantitative estimate of drug-likeness (QED) is 0.619. The summed E-state index contributed by atoms with van der Waals surface area (Å²) in [5.74, 6) is 1.99. The Bertz CT molecular complexity index is 868. The first-order chi connectivity index (χ1) is 14.7. The monoisotopic (exact) mass is 431 g/mol. The fourth-order valence-electron chi connectivity index (χ4n) is 4.53. The summed E-state index contributed by atoms with van der Waals surface area (Å²) in [6, 6.07) is 6.11. The summed E-state index contributed by atoms with van der Waals surface area (Å²) < 4.78 is 12.9. The minimum atomic E-state index is -0.00232. The van der Waals surface area contributed by atoms with E-state index in [0.717, 1.165) is 54.4 Å². The van der Waals surface area contributed by atoms with Crippen LogP contribution >= 0.6 is 11.8 Å². The second kappa shape index (κ2) is 9.68. The molecule has 1 saturated carbocycles. The zero-order chi connectivity index (χ0) is 20.9. The maximum atomic E-state index is 13.1. The summed E-state index contributed by atoms with van der Waals surface area (Å²) >= 11 is 1.44. The van der Waals surface area contributed by atoms with Crippen molar-refractivity contribution in [2.45, 2.75) is 62.2 Å². The largest absolute Gasteiger partial charge is 0.497 e. The highest BCUT2D eigenvalue weighted by Crippen LogP contribution is 2.39. The van der Waals surface area contributed by atoms with Crippen LogP contribution in [0.3, 0.4) is 0 Å². The summed E-state index contributed by atoms with van der Waals surface area (Å²) in [5.41, 5.74) is 1.000. The molecular formula is C21H29N5O3S. The van der Waals surface area contributed by atoms with E-state index < -0.39 is 0 Å². The molecule has 0 spiro atoms. The van der Waals surface area contributed by atoms with Gasteiger partial charge in [0.2, 0.25) is 11.1 Å². The fourth-order valence-corrected chi connectivity index (χ4v) is 5.36. The number of amides is 1. The van der Waals surface area contributed by atoms with Crippen LogP contribution in [-0.4, -0.2) is 57.5 Å². The van der Waals surface area contributed by atoms with E-state index in [-0.39, 0.29) is 11.9 Å². The summed E-state index contributed by atoms with van der Waals surface area (Å²) in [6.45, 7) is 0.748. The van der Waals surface area contributed by atoms with Crippen LogP contribution in [0.1, 0.15) is 62.6 Å². The van der Waals surface area contributed by atoms with Gasteiger partial charge in [0.25, 0.3) is 0 Å². The molecule has 0 N–H and O–H groups in total. The van der Waals surface area contributed by atoms with Gasteiger partial charge in [-0.3, -0.25) is 4.79 Å². The zero-order valence-electron chi connectivity index (χ0n) is 17.6. The Morgan fingerprint density at radius 3 is 2.73 bits per heavy atom. The molecule has 2 fully saturated rings. The molecule has 9 heteroatoms. The van der Waals surface area contributed by atoms with Crippen LogP contribution in [0.15, 0.2) is 23.4 Å². The number of benzene rings is 1. The van der Waals surface area contributed by atoms with Gasteiger partial charge in [-0.2, -0.15) is 0 Å². The van der Waals surface area contributed by atoms with E-state index in [1.54, 1.807) is 14.2 Å². The van der Waals surface area contributed by atoms with Gasteiger partial charge in [-0.15, -0.1) is 5.10 Å². The average molecular weight is 432 g/mol. The number of carbonyl (C=O) groups excluding carboxylic acids is 1. The van der Waals surface area contributed by atoms with Crippen LogP contribution in [0.5, 0.6) is 11.5 Å². The molecule has 30 heavy (non-hydrogen) atoms. The number of aromatic nitrogens is 4. The molecule has 162 valence electrons. The number of likely N-dealkylation sites (tertiary alicyclic amines) is 1. The molecule has 0 radical (unpaired) electrons. The van der Waals surface area contributed by atoms with Gasteiger partial charge in [0, 0.05) is 12.1 Å². The first-order valence-electron chi connectivity index (χ1n) is 10.6. The zero-order valence-corrected chi connectivity index (χ0v) is 18.4. The predicted octanol–water partition coefficient (Wildman–Crippen LogP) is 3.65. The summed E-state index contributed by atoms with van der Waals surface area (Å²) in [4.78, 5) is 15.1. The first-order valence-corrected chi connectivity index (χ1v) is 11.6. The Balaban J connectivity index is 1.45. The van der Waals surface area contributed by atoms with Gasteiger partial charge >= 0.3 is 0 Å². The number of rotatable bonds is 7. The molecule has 0 bridgehead atoms. The highest BCUT2D eigenvalue weighted by atomic mass is 32.2. The third-order valence-electron chi connectivity index (χ3n) is 6.08. The van der Waals surface area contributed by atoms with E-state index in [1.807, 2.05) is 27.8 Å². The van der Waals surface area contributed by atoms with Crippen molar-refractivity contribution >= 4 is 17.7 Å².